The molecule has 0 aromatic heterocycles. The smallest absolute Gasteiger partial charge is 0.326 e. The molecule has 21 heavy (non-hydrogen) atoms. The summed E-state index contributed by atoms with van der Waals surface area (Å²) in [6.07, 6.45) is -0.990. The lowest BCUT2D eigenvalue weighted by molar-refractivity contribution is -0.143. The van der Waals surface area contributed by atoms with E-state index in [1.54, 1.807) is 0 Å². The summed E-state index contributed by atoms with van der Waals surface area (Å²) in [5, 5.41) is 30.0. The number of hydrogen-bond donors (Lipinski definition) is 5. The normalized spacial score (nSPS) is 13.4. The summed E-state index contributed by atoms with van der Waals surface area (Å²) in [5.74, 6) is -2.53. The molecule has 0 aliphatic heterocycles. The van der Waals surface area contributed by atoms with Gasteiger partial charge in [0.15, 0.2) is 11.5 Å². The highest BCUT2D eigenvalue weighted by molar-refractivity contribution is 5.86. The highest BCUT2D eigenvalue weighted by Gasteiger charge is 2.24. The first-order chi connectivity index (χ1) is 9.88. The monoisotopic (exact) mass is 298 g/mol. The number of aromatic hydroxyl groups is 2. The Morgan fingerprint density at radius 1 is 1.33 bits per heavy atom. The van der Waals surface area contributed by atoms with E-state index in [1.807, 2.05) is 0 Å². The summed E-state index contributed by atoms with van der Waals surface area (Å²) in [7, 11) is 1.30. The fourth-order valence-electron chi connectivity index (χ4n) is 1.71. The van der Waals surface area contributed by atoms with Crippen LogP contribution in [0.5, 0.6) is 11.5 Å². The molecule has 0 fully saturated rings. The van der Waals surface area contributed by atoms with Crippen molar-refractivity contribution in [3.05, 3.63) is 23.8 Å². The Kier molecular flexibility index (Phi) is 5.94. The van der Waals surface area contributed by atoms with Crippen molar-refractivity contribution in [1.29, 1.82) is 0 Å². The largest absolute Gasteiger partial charge is 0.504 e. The fraction of sp³-hybridized carbons (Fsp3) is 0.385. The summed E-state index contributed by atoms with van der Waals surface area (Å²) in [6, 6.07) is 2.72. The first kappa shape index (κ1) is 16.7. The van der Waals surface area contributed by atoms with Gasteiger partial charge in [-0.2, -0.15) is 0 Å². The Morgan fingerprint density at radius 2 is 2.00 bits per heavy atom. The molecule has 0 aliphatic carbocycles. The van der Waals surface area contributed by atoms with Crippen molar-refractivity contribution in [3.63, 3.8) is 0 Å². The zero-order valence-corrected chi connectivity index (χ0v) is 11.4. The van der Waals surface area contributed by atoms with E-state index in [1.165, 1.54) is 25.3 Å². The number of carbonyl (C=O) groups is 2. The van der Waals surface area contributed by atoms with Crippen LogP contribution in [0.25, 0.3) is 0 Å². The molecule has 2 atom stereocenters. The molecule has 0 saturated heterocycles. The molecule has 0 saturated carbocycles. The number of carbonyl (C=O) groups excluding carboxylic acids is 1. The van der Waals surface area contributed by atoms with Gasteiger partial charge in [0.25, 0.3) is 5.91 Å². The van der Waals surface area contributed by atoms with Gasteiger partial charge in [0.1, 0.15) is 12.1 Å². The van der Waals surface area contributed by atoms with Gasteiger partial charge in [0.2, 0.25) is 0 Å². The Balaban J connectivity index is 2.80. The van der Waals surface area contributed by atoms with Crippen LogP contribution in [0.1, 0.15) is 5.56 Å². The van der Waals surface area contributed by atoms with Crippen LogP contribution in [-0.4, -0.2) is 53.0 Å². The maximum Gasteiger partial charge on any atom is 0.326 e. The molecule has 0 spiro atoms. The number of hydrogen-bond acceptors (Lipinski definition) is 6. The van der Waals surface area contributed by atoms with Crippen molar-refractivity contribution >= 4 is 11.9 Å². The maximum absolute atomic E-state index is 11.8. The second-order valence-electron chi connectivity index (χ2n) is 4.39. The zero-order chi connectivity index (χ0) is 16.0. The highest BCUT2D eigenvalue weighted by Crippen LogP contribution is 2.25. The van der Waals surface area contributed by atoms with Crippen LogP contribution >= 0.6 is 0 Å². The standard InChI is InChI=1S/C13H18N2O6/c1-21-11(6-14)12(18)15-8(13(19)20)4-7-2-3-9(16)10(17)5-7/h2-3,5,8,11,16-17H,4,6,14H2,1H3,(H,15,18)(H,19,20)/t8-,11?/m0/s1. The number of benzene rings is 1. The van der Waals surface area contributed by atoms with Crippen LogP contribution < -0.4 is 11.1 Å². The SMILES string of the molecule is COC(CN)C(=O)N[C@@H](Cc1ccc(O)c(O)c1)C(=O)O. The average molecular weight is 298 g/mol. The van der Waals surface area contributed by atoms with E-state index in [4.69, 9.17) is 15.6 Å². The number of carboxylic acids is 1. The maximum atomic E-state index is 11.8. The molecule has 1 amide bonds. The molecule has 1 unspecified atom stereocenters. The summed E-state index contributed by atoms with van der Waals surface area (Å²) >= 11 is 0. The van der Waals surface area contributed by atoms with Gasteiger partial charge < -0.3 is 31.1 Å². The number of ether oxygens (including phenoxy) is 1. The van der Waals surface area contributed by atoms with Gasteiger partial charge in [-0.3, -0.25) is 4.79 Å². The van der Waals surface area contributed by atoms with E-state index in [9.17, 15) is 19.8 Å². The molecule has 1 rings (SSSR count). The highest BCUT2D eigenvalue weighted by atomic mass is 16.5. The fourth-order valence-corrected chi connectivity index (χ4v) is 1.71. The Hall–Kier alpha value is -2.32. The molecule has 116 valence electrons. The number of nitrogens with one attached hydrogen (secondary N) is 1. The lowest BCUT2D eigenvalue weighted by Crippen LogP contribution is -2.49. The van der Waals surface area contributed by atoms with Gasteiger partial charge in [-0.25, -0.2) is 4.79 Å². The molecular formula is C13H18N2O6. The molecule has 0 radical (unpaired) electrons. The van der Waals surface area contributed by atoms with Gasteiger partial charge >= 0.3 is 5.97 Å². The van der Waals surface area contributed by atoms with Crippen molar-refractivity contribution in [2.45, 2.75) is 18.6 Å². The van der Waals surface area contributed by atoms with E-state index in [0.29, 0.717) is 5.56 Å². The Labute approximate surface area is 121 Å². The van der Waals surface area contributed by atoms with Crippen molar-refractivity contribution in [1.82, 2.24) is 5.32 Å². The molecule has 0 heterocycles. The summed E-state index contributed by atoms with van der Waals surface area (Å²) in [5.41, 5.74) is 5.78. The third-order valence-corrected chi connectivity index (χ3v) is 2.89. The average Bonchev–Trinajstić information content (AvgIpc) is 2.43. The van der Waals surface area contributed by atoms with Gasteiger partial charge in [-0.15, -0.1) is 0 Å². The third-order valence-electron chi connectivity index (χ3n) is 2.89. The minimum atomic E-state index is -1.23. The quantitative estimate of drug-likeness (QED) is 0.414. The van der Waals surface area contributed by atoms with E-state index < -0.39 is 24.0 Å². The Morgan fingerprint density at radius 3 is 2.48 bits per heavy atom. The van der Waals surface area contributed by atoms with Crippen LogP contribution in [0.3, 0.4) is 0 Å². The van der Waals surface area contributed by atoms with Crippen LogP contribution in [0.2, 0.25) is 0 Å². The van der Waals surface area contributed by atoms with Crippen molar-refractivity contribution in [2.24, 2.45) is 5.73 Å². The van der Waals surface area contributed by atoms with Gasteiger partial charge in [0, 0.05) is 20.1 Å². The number of phenolic OH excluding ortho intramolecular Hbond substituents is 2. The molecule has 1 aromatic rings. The molecule has 8 heteroatoms. The molecule has 0 aliphatic rings. The summed E-state index contributed by atoms with van der Waals surface area (Å²) < 4.78 is 4.82. The van der Waals surface area contributed by atoms with Crippen LogP contribution in [0.15, 0.2) is 18.2 Å². The van der Waals surface area contributed by atoms with E-state index in [-0.39, 0.29) is 24.5 Å². The van der Waals surface area contributed by atoms with Gasteiger partial charge in [0.05, 0.1) is 0 Å². The predicted molar refractivity (Wildman–Crippen MR) is 72.9 cm³/mol. The number of nitrogens with two attached hydrogens (primary N) is 1. The van der Waals surface area contributed by atoms with Crippen molar-refractivity contribution < 1.29 is 29.6 Å². The van der Waals surface area contributed by atoms with Crippen LogP contribution in [0, 0.1) is 0 Å². The molecule has 1 aromatic carbocycles. The first-order valence-corrected chi connectivity index (χ1v) is 6.16. The molecule has 8 nitrogen and oxygen atoms in total. The number of rotatable bonds is 7. The Bertz CT molecular complexity index is 515. The van der Waals surface area contributed by atoms with Crippen LogP contribution in [0.4, 0.5) is 0 Å². The number of aliphatic carboxylic acids is 1. The number of carboxylic acid groups (broad SMARTS) is 1. The lowest BCUT2D eigenvalue weighted by atomic mass is 10.0. The summed E-state index contributed by atoms with van der Waals surface area (Å²) in [6.45, 7) is -0.0747. The topological polar surface area (TPSA) is 142 Å². The van der Waals surface area contributed by atoms with Gasteiger partial charge in [-0.1, -0.05) is 6.07 Å². The van der Waals surface area contributed by atoms with Gasteiger partial charge in [-0.05, 0) is 17.7 Å². The second-order valence-corrected chi connectivity index (χ2v) is 4.39. The van der Waals surface area contributed by atoms with E-state index in [0.717, 1.165) is 0 Å². The van der Waals surface area contributed by atoms with Crippen molar-refractivity contribution in [3.8, 4) is 11.5 Å². The molecular weight excluding hydrogens is 280 g/mol. The number of methoxy groups -OCH3 is 1. The van der Waals surface area contributed by atoms with Crippen LogP contribution in [-0.2, 0) is 20.7 Å². The zero-order valence-electron chi connectivity index (χ0n) is 11.4. The van der Waals surface area contributed by atoms with E-state index >= 15 is 0 Å². The number of phenols is 2. The predicted octanol–water partition coefficient (Wildman–Crippen LogP) is -0.817. The third kappa shape index (κ3) is 4.62. The lowest BCUT2D eigenvalue weighted by Gasteiger charge is -2.18. The van der Waals surface area contributed by atoms with Crippen molar-refractivity contribution in [2.75, 3.05) is 13.7 Å². The minimum Gasteiger partial charge on any atom is -0.504 e. The molecule has 0 bridgehead atoms. The van der Waals surface area contributed by atoms with E-state index in [2.05, 4.69) is 5.32 Å². The minimum absolute atomic E-state index is 0.0596. The summed E-state index contributed by atoms with van der Waals surface area (Å²) in [4.78, 5) is 23.0. The second kappa shape index (κ2) is 7.46. The number of amides is 1. The first-order valence-electron chi connectivity index (χ1n) is 6.16. The molecule has 6 N–H and O–H groups in total.